The number of nitrogens with two attached hydrogens (primary N) is 2. The Labute approximate surface area is 79.6 Å². The summed E-state index contributed by atoms with van der Waals surface area (Å²) in [7, 11) is 0. The minimum Gasteiger partial charge on any atom is -0.397 e. The maximum Gasteiger partial charge on any atom is 0.282 e. The molecule has 0 unspecified atom stereocenters. The van der Waals surface area contributed by atoms with Crippen LogP contribution in [0.5, 0.6) is 0 Å². The quantitative estimate of drug-likeness (QED) is 0.669. The molecule has 1 aromatic rings. The Morgan fingerprint density at radius 2 is 2.14 bits per heavy atom. The van der Waals surface area contributed by atoms with Crippen LogP contribution in [-0.4, -0.2) is 10.1 Å². The highest BCUT2D eigenvalue weighted by Crippen LogP contribution is 2.27. The molecule has 1 aromatic heterocycles. The first kappa shape index (κ1) is 10.8. The fraction of sp³-hybridized carbons (Fsp3) is 0.375. The van der Waals surface area contributed by atoms with Crippen molar-refractivity contribution in [2.24, 2.45) is 5.73 Å². The first-order valence-corrected chi connectivity index (χ1v) is 3.97. The van der Waals surface area contributed by atoms with Crippen molar-refractivity contribution < 1.29 is 13.9 Å². The second-order valence-electron chi connectivity index (χ2n) is 2.72. The average Bonchev–Trinajstić information content (AvgIpc) is 2.16. The van der Waals surface area contributed by atoms with Crippen molar-refractivity contribution in [2.45, 2.75) is 19.6 Å². The van der Waals surface area contributed by atoms with Gasteiger partial charge in [-0.25, -0.2) is 8.78 Å². The normalized spacial score (nSPS) is 10.9. The molecule has 5 N–H and O–H groups in total. The number of nitrogen functional groups attached to an aromatic ring is 1. The number of aliphatic hydroxyl groups is 1. The van der Waals surface area contributed by atoms with Gasteiger partial charge in [-0.3, -0.25) is 4.98 Å². The zero-order chi connectivity index (χ0) is 10.7. The van der Waals surface area contributed by atoms with Gasteiger partial charge in [0.25, 0.3) is 6.43 Å². The molecule has 0 fully saturated rings. The van der Waals surface area contributed by atoms with E-state index in [0.717, 1.165) is 0 Å². The topological polar surface area (TPSA) is 85.2 Å². The number of aromatic nitrogens is 1. The molecule has 0 radical (unpaired) electrons. The fourth-order valence-corrected chi connectivity index (χ4v) is 1.17. The van der Waals surface area contributed by atoms with Crippen molar-refractivity contribution in [3.8, 4) is 0 Å². The molecule has 6 heteroatoms. The van der Waals surface area contributed by atoms with E-state index in [-0.39, 0.29) is 18.8 Å². The highest BCUT2D eigenvalue weighted by Gasteiger charge is 2.17. The van der Waals surface area contributed by atoms with Gasteiger partial charge in [0.05, 0.1) is 12.3 Å². The second kappa shape index (κ2) is 4.30. The van der Waals surface area contributed by atoms with E-state index in [4.69, 9.17) is 16.6 Å². The van der Waals surface area contributed by atoms with Gasteiger partial charge in [0.1, 0.15) is 5.69 Å². The van der Waals surface area contributed by atoms with Crippen molar-refractivity contribution in [2.75, 3.05) is 5.73 Å². The lowest BCUT2D eigenvalue weighted by Gasteiger charge is -2.11. The lowest BCUT2D eigenvalue weighted by molar-refractivity contribution is 0.146. The van der Waals surface area contributed by atoms with E-state index in [1.165, 1.54) is 6.20 Å². The molecule has 0 spiro atoms. The first-order chi connectivity index (χ1) is 6.61. The minimum absolute atomic E-state index is 0.00394. The van der Waals surface area contributed by atoms with Crippen LogP contribution in [0.2, 0.25) is 0 Å². The van der Waals surface area contributed by atoms with Gasteiger partial charge in [0.15, 0.2) is 0 Å². The summed E-state index contributed by atoms with van der Waals surface area (Å²) in [6.45, 7) is -0.308. The van der Waals surface area contributed by atoms with E-state index >= 15 is 0 Å². The summed E-state index contributed by atoms with van der Waals surface area (Å²) in [5, 5.41) is 8.86. The van der Waals surface area contributed by atoms with Crippen molar-refractivity contribution in [1.29, 1.82) is 0 Å². The Morgan fingerprint density at radius 3 is 2.57 bits per heavy atom. The van der Waals surface area contributed by atoms with Gasteiger partial charge in [0.2, 0.25) is 0 Å². The van der Waals surface area contributed by atoms with Crippen LogP contribution in [0.4, 0.5) is 14.5 Å². The zero-order valence-electron chi connectivity index (χ0n) is 7.37. The molecule has 0 aliphatic rings. The first-order valence-electron chi connectivity index (χ1n) is 3.97. The SMILES string of the molecule is NCc1c(CO)cnc(C(F)F)c1N. The van der Waals surface area contributed by atoms with Crippen molar-refractivity contribution in [1.82, 2.24) is 4.98 Å². The van der Waals surface area contributed by atoms with Crippen LogP contribution < -0.4 is 11.5 Å². The molecular weight excluding hydrogens is 192 g/mol. The summed E-state index contributed by atoms with van der Waals surface area (Å²) < 4.78 is 24.7. The van der Waals surface area contributed by atoms with Crippen LogP contribution in [0.3, 0.4) is 0 Å². The van der Waals surface area contributed by atoms with Gasteiger partial charge < -0.3 is 16.6 Å². The lowest BCUT2D eigenvalue weighted by atomic mass is 10.1. The Balaban J connectivity index is 3.27. The molecular formula is C8H11F2N3O. The van der Waals surface area contributed by atoms with E-state index in [1.54, 1.807) is 0 Å². The number of rotatable bonds is 3. The maximum absolute atomic E-state index is 12.3. The third-order valence-electron chi connectivity index (χ3n) is 1.93. The van der Waals surface area contributed by atoms with E-state index < -0.39 is 12.1 Å². The summed E-state index contributed by atoms with van der Waals surface area (Å²) >= 11 is 0. The summed E-state index contributed by atoms with van der Waals surface area (Å²) in [6, 6.07) is 0. The van der Waals surface area contributed by atoms with Crippen LogP contribution in [0.1, 0.15) is 23.2 Å². The standard InChI is InChI=1S/C8H11F2N3O/c9-8(10)7-6(12)5(1-11)4(3-14)2-13-7/h2,8,14H,1,3,11-12H2. The number of aliphatic hydroxyl groups excluding tert-OH is 1. The highest BCUT2D eigenvalue weighted by molar-refractivity contribution is 5.54. The number of pyridine rings is 1. The summed E-state index contributed by atoms with van der Waals surface area (Å²) in [6.07, 6.45) is -1.56. The molecule has 0 aliphatic heterocycles. The summed E-state index contributed by atoms with van der Waals surface area (Å²) in [5.41, 5.74) is 10.9. The summed E-state index contributed by atoms with van der Waals surface area (Å²) in [4.78, 5) is 3.47. The molecule has 0 aliphatic carbocycles. The molecule has 14 heavy (non-hydrogen) atoms. The van der Waals surface area contributed by atoms with Crippen LogP contribution in [0.15, 0.2) is 6.20 Å². The molecule has 1 rings (SSSR count). The van der Waals surface area contributed by atoms with E-state index in [9.17, 15) is 8.78 Å². The van der Waals surface area contributed by atoms with Crippen LogP contribution >= 0.6 is 0 Å². The molecule has 4 nitrogen and oxygen atoms in total. The Hall–Kier alpha value is -1.27. The number of nitrogens with zero attached hydrogens (tertiary/aromatic N) is 1. The molecule has 0 saturated carbocycles. The van der Waals surface area contributed by atoms with Gasteiger partial charge in [-0.2, -0.15) is 0 Å². The monoisotopic (exact) mass is 203 g/mol. The molecule has 0 bridgehead atoms. The molecule has 0 aromatic carbocycles. The Morgan fingerprint density at radius 1 is 1.50 bits per heavy atom. The van der Waals surface area contributed by atoms with Crippen LogP contribution in [0.25, 0.3) is 0 Å². The zero-order valence-corrected chi connectivity index (χ0v) is 7.37. The Kier molecular flexibility index (Phi) is 3.32. The smallest absolute Gasteiger partial charge is 0.282 e. The minimum atomic E-state index is -2.73. The largest absolute Gasteiger partial charge is 0.397 e. The number of alkyl halides is 2. The third-order valence-corrected chi connectivity index (χ3v) is 1.93. The van der Waals surface area contributed by atoms with Gasteiger partial charge in [0, 0.05) is 18.3 Å². The Bertz CT molecular complexity index is 331. The van der Waals surface area contributed by atoms with Crippen molar-refractivity contribution in [3.63, 3.8) is 0 Å². The molecule has 0 amide bonds. The number of anilines is 1. The van der Waals surface area contributed by atoms with E-state index in [2.05, 4.69) is 4.98 Å². The summed E-state index contributed by atoms with van der Waals surface area (Å²) in [5.74, 6) is 0. The number of halogens is 2. The third kappa shape index (κ3) is 1.80. The van der Waals surface area contributed by atoms with E-state index in [0.29, 0.717) is 11.1 Å². The van der Waals surface area contributed by atoms with Crippen LogP contribution in [0, 0.1) is 0 Å². The van der Waals surface area contributed by atoms with Crippen molar-refractivity contribution in [3.05, 3.63) is 23.0 Å². The highest BCUT2D eigenvalue weighted by atomic mass is 19.3. The predicted molar refractivity (Wildman–Crippen MR) is 47.4 cm³/mol. The van der Waals surface area contributed by atoms with Crippen LogP contribution in [-0.2, 0) is 13.2 Å². The molecule has 1 heterocycles. The predicted octanol–water partition coefficient (Wildman–Crippen LogP) is 0.552. The number of hydrogen-bond donors (Lipinski definition) is 3. The van der Waals surface area contributed by atoms with E-state index in [1.807, 2.05) is 0 Å². The molecule has 0 saturated heterocycles. The number of hydrogen-bond acceptors (Lipinski definition) is 4. The van der Waals surface area contributed by atoms with Gasteiger partial charge in [-0.05, 0) is 5.56 Å². The van der Waals surface area contributed by atoms with Gasteiger partial charge in [-0.15, -0.1) is 0 Å². The second-order valence-corrected chi connectivity index (χ2v) is 2.72. The molecule has 0 atom stereocenters. The lowest BCUT2D eigenvalue weighted by Crippen LogP contribution is -2.10. The van der Waals surface area contributed by atoms with Gasteiger partial charge >= 0.3 is 0 Å². The molecule has 78 valence electrons. The van der Waals surface area contributed by atoms with Crippen molar-refractivity contribution >= 4 is 5.69 Å². The average molecular weight is 203 g/mol. The van der Waals surface area contributed by atoms with Gasteiger partial charge in [-0.1, -0.05) is 0 Å². The maximum atomic E-state index is 12.3. The fourth-order valence-electron chi connectivity index (χ4n) is 1.17.